The number of ether oxygens (including phenoxy) is 1. The summed E-state index contributed by atoms with van der Waals surface area (Å²) in [5.41, 5.74) is 5.95. The molecular weight excluding hydrogens is 380 g/mol. The van der Waals surface area contributed by atoms with Gasteiger partial charge in [-0.25, -0.2) is 9.78 Å². The highest BCUT2D eigenvalue weighted by atomic mass is 16.5. The van der Waals surface area contributed by atoms with E-state index in [1.165, 1.54) is 12.7 Å². The second kappa shape index (κ2) is 8.59. The smallest absolute Gasteiger partial charge is 0.356 e. The number of aryl methyl sites for hydroxylation is 1. The molecule has 1 aliphatic rings. The third-order valence-corrected chi connectivity index (χ3v) is 5.44. The van der Waals surface area contributed by atoms with Gasteiger partial charge in [-0.2, -0.15) is 0 Å². The second-order valence-electron chi connectivity index (χ2n) is 7.39. The van der Waals surface area contributed by atoms with Crippen molar-refractivity contribution in [3.8, 4) is 0 Å². The summed E-state index contributed by atoms with van der Waals surface area (Å²) < 4.78 is 4.69. The first-order valence-electron chi connectivity index (χ1n) is 10.0. The molecule has 0 unspecified atom stereocenters. The normalized spacial score (nSPS) is 14.5. The van der Waals surface area contributed by atoms with Crippen LogP contribution in [-0.4, -0.2) is 46.0 Å². The summed E-state index contributed by atoms with van der Waals surface area (Å²) in [6.07, 6.45) is 7.40. The van der Waals surface area contributed by atoms with E-state index in [1.807, 2.05) is 31.3 Å². The molecule has 0 fully saturated rings. The molecular formula is C23H24N4O3. The van der Waals surface area contributed by atoms with Gasteiger partial charge in [0.05, 0.1) is 18.1 Å². The molecule has 4 heterocycles. The van der Waals surface area contributed by atoms with E-state index < -0.39 is 5.97 Å². The first-order chi connectivity index (χ1) is 14.6. The maximum absolute atomic E-state index is 12.1. The van der Waals surface area contributed by atoms with E-state index in [-0.39, 0.29) is 5.56 Å². The number of nitrogens with zero attached hydrogens (tertiary/aromatic N) is 3. The van der Waals surface area contributed by atoms with Crippen LogP contribution in [0.25, 0.3) is 16.6 Å². The number of nitrogens with one attached hydrogen (secondary N) is 1. The van der Waals surface area contributed by atoms with Gasteiger partial charge in [0.1, 0.15) is 5.69 Å². The Hall–Kier alpha value is -3.32. The van der Waals surface area contributed by atoms with Gasteiger partial charge in [0.25, 0.3) is 5.56 Å². The van der Waals surface area contributed by atoms with Crippen LogP contribution in [0.4, 0.5) is 0 Å². The minimum atomic E-state index is -0.429. The van der Waals surface area contributed by atoms with Crippen molar-refractivity contribution in [2.75, 3.05) is 20.2 Å². The second-order valence-corrected chi connectivity index (χ2v) is 7.39. The molecule has 0 saturated heterocycles. The summed E-state index contributed by atoms with van der Waals surface area (Å²) in [6.45, 7) is 4.46. The van der Waals surface area contributed by atoms with Gasteiger partial charge in [0, 0.05) is 37.6 Å². The van der Waals surface area contributed by atoms with E-state index in [9.17, 15) is 9.59 Å². The highest BCUT2D eigenvalue weighted by molar-refractivity contribution is 5.87. The van der Waals surface area contributed by atoms with Crippen molar-refractivity contribution in [3.05, 3.63) is 75.5 Å². The monoisotopic (exact) mass is 404 g/mol. The molecule has 0 bridgehead atoms. The van der Waals surface area contributed by atoms with Gasteiger partial charge in [0.2, 0.25) is 0 Å². The number of pyridine rings is 3. The quantitative estimate of drug-likeness (QED) is 0.658. The number of H-pyrrole nitrogens is 1. The van der Waals surface area contributed by atoms with Crippen molar-refractivity contribution in [1.29, 1.82) is 0 Å². The number of rotatable bonds is 5. The third kappa shape index (κ3) is 4.16. The maximum atomic E-state index is 12.1. The molecule has 0 aromatic carbocycles. The lowest BCUT2D eigenvalue weighted by Gasteiger charge is -2.26. The first kappa shape index (κ1) is 20.0. The summed E-state index contributed by atoms with van der Waals surface area (Å²) in [5, 5.41) is 0. The molecule has 0 amide bonds. The molecule has 0 aliphatic carbocycles. The lowest BCUT2D eigenvalue weighted by molar-refractivity contribution is 0.0594. The molecule has 3 aromatic rings. The van der Waals surface area contributed by atoms with Crippen LogP contribution in [0.5, 0.6) is 0 Å². The Balaban J connectivity index is 1.44. The Morgan fingerprint density at radius 3 is 2.77 bits per heavy atom. The Labute approximate surface area is 174 Å². The molecule has 0 radical (unpaired) electrons. The minimum absolute atomic E-state index is 0.0404. The van der Waals surface area contributed by atoms with Gasteiger partial charge in [-0.1, -0.05) is 19.1 Å². The Morgan fingerprint density at radius 1 is 1.23 bits per heavy atom. The van der Waals surface area contributed by atoms with E-state index in [2.05, 4.69) is 30.7 Å². The predicted molar refractivity (Wildman–Crippen MR) is 115 cm³/mol. The fourth-order valence-corrected chi connectivity index (χ4v) is 3.70. The van der Waals surface area contributed by atoms with E-state index in [0.717, 1.165) is 53.8 Å². The van der Waals surface area contributed by atoms with E-state index in [4.69, 9.17) is 0 Å². The highest BCUT2D eigenvalue weighted by Gasteiger charge is 2.15. The molecule has 30 heavy (non-hydrogen) atoms. The standard InChI is InChI=1S/C23H24N4O3/c1-3-16-11-20-21(26-22(16)28)10-15(12-24-20)14-27-8-6-17(7-9-27)18-4-5-19(25-13-18)23(29)30-2/h4-6,10-13H,3,7-9,14H2,1-2H3,(H,26,28). The van der Waals surface area contributed by atoms with Crippen molar-refractivity contribution in [2.45, 2.75) is 26.3 Å². The number of fused-ring (bicyclic) bond motifs is 1. The SMILES string of the molecule is CCc1cc2ncc(CN3CC=C(c4ccc(C(=O)OC)nc4)CC3)cc2[nH]c1=O. The number of methoxy groups -OCH3 is 1. The number of carbonyl (C=O) groups is 1. The fraction of sp³-hybridized carbons (Fsp3) is 0.304. The van der Waals surface area contributed by atoms with E-state index in [0.29, 0.717) is 12.1 Å². The molecule has 0 atom stereocenters. The molecule has 4 rings (SSSR count). The lowest BCUT2D eigenvalue weighted by atomic mass is 10.0. The van der Waals surface area contributed by atoms with Crippen molar-refractivity contribution in [1.82, 2.24) is 19.9 Å². The van der Waals surface area contributed by atoms with Crippen LogP contribution in [-0.2, 0) is 17.7 Å². The van der Waals surface area contributed by atoms with Crippen LogP contribution >= 0.6 is 0 Å². The summed E-state index contributed by atoms with van der Waals surface area (Å²) in [6, 6.07) is 7.49. The van der Waals surface area contributed by atoms with Gasteiger partial charge in [-0.15, -0.1) is 0 Å². The number of hydrogen-bond donors (Lipinski definition) is 1. The van der Waals surface area contributed by atoms with Gasteiger partial charge in [-0.05, 0) is 47.7 Å². The summed E-state index contributed by atoms with van der Waals surface area (Å²) in [5.74, 6) is -0.429. The molecule has 7 nitrogen and oxygen atoms in total. The van der Waals surface area contributed by atoms with Crippen LogP contribution in [0.3, 0.4) is 0 Å². The zero-order valence-electron chi connectivity index (χ0n) is 17.1. The Kier molecular flexibility index (Phi) is 5.72. The molecule has 3 aromatic heterocycles. The highest BCUT2D eigenvalue weighted by Crippen LogP contribution is 2.23. The topological polar surface area (TPSA) is 88.2 Å². The summed E-state index contributed by atoms with van der Waals surface area (Å²) in [4.78, 5) is 37.6. The van der Waals surface area contributed by atoms with Crippen molar-refractivity contribution >= 4 is 22.6 Å². The predicted octanol–water partition coefficient (Wildman–Crippen LogP) is 2.96. The molecule has 1 N–H and O–H groups in total. The fourth-order valence-electron chi connectivity index (χ4n) is 3.70. The number of aromatic amines is 1. The summed E-state index contributed by atoms with van der Waals surface area (Å²) >= 11 is 0. The average molecular weight is 404 g/mol. The van der Waals surface area contributed by atoms with Gasteiger partial charge < -0.3 is 9.72 Å². The molecule has 7 heteroatoms. The molecule has 154 valence electrons. The van der Waals surface area contributed by atoms with E-state index in [1.54, 1.807) is 12.3 Å². The van der Waals surface area contributed by atoms with Crippen LogP contribution < -0.4 is 5.56 Å². The van der Waals surface area contributed by atoms with Gasteiger partial charge >= 0.3 is 5.97 Å². The van der Waals surface area contributed by atoms with Crippen molar-refractivity contribution in [2.24, 2.45) is 0 Å². The Morgan fingerprint density at radius 2 is 2.10 bits per heavy atom. The number of hydrogen-bond acceptors (Lipinski definition) is 6. The molecule has 0 spiro atoms. The van der Waals surface area contributed by atoms with Crippen molar-refractivity contribution in [3.63, 3.8) is 0 Å². The van der Waals surface area contributed by atoms with Gasteiger partial charge in [0.15, 0.2) is 0 Å². The average Bonchev–Trinajstić information content (AvgIpc) is 2.78. The number of aromatic nitrogens is 3. The van der Waals surface area contributed by atoms with Crippen LogP contribution in [0.2, 0.25) is 0 Å². The maximum Gasteiger partial charge on any atom is 0.356 e. The summed E-state index contributed by atoms with van der Waals surface area (Å²) in [7, 11) is 1.35. The van der Waals surface area contributed by atoms with Crippen LogP contribution in [0, 0.1) is 0 Å². The van der Waals surface area contributed by atoms with Crippen molar-refractivity contribution < 1.29 is 9.53 Å². The molecule has 1 aliphatic heterocycles. The molecule has 0 saturated carbocycles. The van der Waals surface area contributed by atoms with Crippen LogP contribution in [0.15, 0.2) is 47.5 Å². The third-order valence-electron chi connectivity index (χ3n) is 5.44. The van der Waals surface area contributed by atoms with Crippen LogP contribution in [0.1, 0.15) is 40.5 Å². The largest absolute Gasteiger partial charge is 0.464 e. The minimum Gasteiger partial charge on any atom is -0.464 e. The lowest BCUT2D eigenvalue weighted by Crippen LogP contribution is -2.28. The number of carbonyl (C=O) groups excluding carboxylic acids is 1. The zero-order chi connectivity index (χ0) is 21.1. The zero-order valence-corrected chi connectivity index (χ0v) is 17.1. The first-order valence-corrected chi connectivity index (χ1v) is 10.0. The number of esters is 1. The van der Waals surface area contributed by atoms with Gasteiger partial charge in [-0.3, -0.25) is 14.7 Å². The van der Waals surface area contributed by atoms with E-state index >= 15 is 0 Å². The Bertz CT molecular complexity index is 1170.